The van der Waals surface area contributed by atoms with E-state index in [1.54, 1.807) is 54.6 Å². The van der Waals surface area contributed by atoms with Crippen LogP contribution in [0.3, 0.4) is 0 Å². The van der Waals surface area contributed by atoms with Gasteiger partial charge in [0.2, 0.25) is 6.10 Å². The van der Waals surface area contributed by atoms with Crippen LogP contribution in [-0.2, 0) is 9.53 Å². The van der Waals surface area contributed by atoms with Gasteiger partial charge in [-0.25, -0.2) is 4.39 Å². The number of nitriles is 1. The largest absolute Gasteiger partial charge is 0.486 e. The van der Waals surface area contributed by atoms with E-state index in [-0.39, 0.29) is 11.3 Å². The van der Waals surface area contributed by atoms with Crippen molar-refractivity contribution >= 4 is 29.2 Å². The first-order valence-corrected chi connectivity index (χ1v) is 10.4. The van der Waals surface area contributed by atoms with E-state index < -0.39 is 34.2 Å². The molecule has 3 atom stereocenters. The third kappa shape index (κ3) is 4.64. The van der Waals surface area contributed by atoms with Crippen molar-refractivity contribution in [1.82, 2.24) is 0 Å². The predicted molar refractivity (Wildman–Crippen MR) is 116 cm³/mol. The summed E-state index contributed by atoms with van der Waals surface area (Å²) < 4.78 is 29.3. The highest BCUT2D eigenvalue weighted by atomic mass is 35.5. The number of nitrogens with zero attached hydrogens (tertiary/aromatic N) is 1. The minimum Gasteiger partial charge on any atom is -0.486 e. The van der Waals surface area contributed by atoms with Crippen LogP contribution in [0.5, 0.6) is 17.2 Å². The van der Waals surface area contributed by atoms with Gasteiger partial charge in [0.05, 0.1) is 0 Å². The van der Waals surface area contributed by atoms with Crippen LogP contribution in [0.25, 0.3) is 0 Å². The van der Waals surface area contributed by atoms with E-state index >= 15 is 0 Å². The molecule has 0 saturated heterocycles. The van der Waals surface area contributed by atoms with E-state index in [1.807, 2.05) is 12.1 Å². The quantitative estimate of drug-likeness (QED) is 0.313. The predicted octanol–water partition coefficient (Wildman–Crippen LogP) is 5.98. The Hall–Kier alpha value is -3.27. The molecule has 8 heteroatoms. The second kappa shape index (κ2) is 9.07. The average molecular weight is 472 g/mol. The summed E-state index contributed by atoms with van der Waals surface area (Å²) in [7, 11) is 0. The molecule has 0 heterocycles. The van der Waals surface area contributed by atoms with Gasteiger partial charge >= 0.3 is 5.97 Å². The molecule has 3 unspecified atom stereocenters. The molecule has 5 nitrogen and oxygen atoms in total. The monoisotopic (exact) mass is 471 g/mol. The number of ether oxygens (including phenoxy) is 3. The molecule has 1 fully saturated rings. The molecular formula is C24H16Cl2FNO4. The molecule has 0 aliphatic heterocycles. The fraction of sp³-hybridized carbons (Fsp3) is 0.167. The molecular weight excluding hydrogens is 456 g/mol. The Morgan fingerprint density at radius 3 is 2.25 bits per heavy atom. The summed E-state index contributed by atoms with van der Waals surface area (Å²) in [6.45, 7) is 0. The van der Waals surface area contributed by atoms with Gasteiger partial charge in [0.1, 0.15) is 29.6 Å². The van der Waals surface area contributed by atoms with E-state index in [9.17, 15) is 14.4 Å². The first-order chi connectivity index (χ1) is 15.4. The van der Waals surface area contributed by atoms with Crippen molar-refractivity contribution in [2.24, 2.45) is 5.92 Å². The Morgan fingerprint density at radius 1 is 1.00 bits per heavy atom. The van der Waals surface area contributed by atoms with Crippen LogP contribution in [0, 0.1) is 23.1 Å². The average Bonchev–Trinajstić information content (AvgIpc) is 3.34. The first kappa shape index (κ1) is 21.9. The third-order valence-electron chi connectivity index (χ3n) is 4.83. The summed E-state index contributed by atoms with van der Waals surface area (Å²) in [6.07, 6.45) is -2.14. The Labute approximate surface area is 193 Å². The molecule has 0 amide bonds. The molecule has 0 aromatic heterocycles. The van der Waals surface area contributed by atoms with E-state index in [2.05, 4.69) is 0 Å². The summed E-state index contributed by atoms with van der Waals surface area (Å²) in [4.78, 5) is 12.7. The topological polar surface area (TPSA) is 68.5 Å². The van der Waals surface area contributed by atoms with Gasteiger partial charge in [-0.2, -0.15) is 5.26 Å². The number of benzene rings is 3. The Bertz CT molecular complexity index is 1150. The maximum atomic E-state index is 14.2. The van der Waals surface area contributed by atoms with Crippen molar-refractivity contribution in [2.75, 3.05) is 0 Å². The Morgan fingerprint density at radius 2 is 1.62 bits per heavy atom. The zero-order chi connectivity index (χ0) is 22.7. The number of hydrogen-bond acceptors (Lipinski definition) is 5. The fourth-order valence-corrected chi connectivity index (χ4v) is 3.73. The molecule has 1 saturated carbocycles. The molecule has 0 bridgehead atoms. The third-order valence-corrected chi connectivity index (χ3v) is 5.73. The van der Waals surface area contributed by atoms with Gasteiger partial charge in [-0.3, -0.25) is 4.79 Å². The SMILES string of the molecule is N#CC(OC(=O)C1C(Oc2ccccc2)C1(Cl)Cl)c1ccc(F)c(Oc2ccccc2)c1. The lowest BCUT2D eigenvalue weighted by atomic mass is 10.1. The summed E-state index contributed by atoms with van der Waals surface area (Å²) in [5.74, 6) is -1.59. The van der Waals surface area contributed by atoms with Crippen molar-refractivity contribution in [3.8, 4) is 23.3 Å². The fourth-order valence-electron chi connectivity index (χ4n) is 3.11. The molecule has 32 heavy (non-hydrogen) atoms. The highest BCUT2D eigenvalue weighted by molar-refractivity contribution is 6.53. The van der Waals surface area contributed by atoms with Crippen molar-refractivity contribution in [3.63, 3.8) is 0 Å². The van der Waals surface area contributed by atoms with Gasteiger partial charge in [0.15, 0.2) is 15.9 Å². The van der Waals surface area contributed by atoms with Crippen molar-refractivity contribution in [3.05, 3.63) is 90.2 Å². The summed E-state index contributed by atoms with van der Waals surface area (Å²) in [5, 5.41) is 9.55. The Balaban J connectivity index is 1.47. The van der Waals surface area contributed by atoms with Crippen LogP contribution < -0.4 is 9.47 Å². The second-order valence-electron chi connectivity index (χ2n) is 7.05. The van der Waals surface area contributed by atoms with Gasteiger partial charge < -0.3 is 14.2 Å². The van der Waals surface area contributed by atoms with E-state index in [0.717, 1.165) is 6.07 Å². The van der Waals surface area contributed by atoms with E-state index in [0.29, 0.717) is 11.5 Å². The van der Waals surface area contributed by atoms with E-state index in [4.69, 9.17) is 37.4 Å². The standard InChI is InChI=1S/C24H16Cl2FNO4/c25-24(26)21(22(24)31-17-9-5-2-6-10-17)23(29)32-20(14-28)15-11-12-18(27)19(13-15)30-16-7-3-1-4-8-16/h1-13,20-22H. The zero-order valence-electron chi connectivity index (χ0n) is 16.5. The molecule has 0 spiro atoms. The minimum absolute atomic E-state index is 0.106. The maximum Gasteiger partial charge on any atom is 0.317 e. The summed E-state index contributed by atoms with van der Waals surface area (Å²) in [5.41, 5.74) is 0.240. The molecule has 1 aliphatic rings. The lowest BCUT2D eigenvalue weighted by molar-refractivity contribution is -0.149. The van der Waals surface area contributed by atoms with Gasteiger partial charge in [-0.15, -0.1) is 0 Å². The number of hydrogen-bond donors (Lipinski definition) is 0. The van der Waals surface area contributed by atoms with Crippen molar-refractivity contribution < 1.29 is 23.4 Å². The maximum absolute atomic E-state index is 14.2. The number of alkyl halides is 2. The molecule has 0 N–H and O–H groups in total. The van der Waals surface area contributed by atoms with Crippen molar-refractivity contribution in [1.29, 1.82) is 5.26 Å². The Kier molecular flexibility index (Phi) is 6.22. The smallest absolute Gasteiger partial charge is 0.317 e. The number of rotatable bonds is 7. The van der Waals surface area contributed by atoms with Crippen LogP contribution >= 0.6 is 23.2 Å². The van der Waals surface area contributed by atoms with Gasteiger partial charge in [-0.05, 0) is 36.4 Å². The van der Waals surface area contributed by atoms with Crippen LogP contribution in [-0.4, -0.2) is 16.4 Å². The van der Waals surface area contributed by atoms with Crippen LogP contribution in [0.4, 0.5) is 4.39 Å². The number of halogens is 3. The molecule has 1 aliphatic carbocycles. The van der Waals surface area contributed by atoms with Crippen LogP contribution in [0.2, 0.25) is 0 Å². The molecule has 3 aromatic carbocycles. The minimum atomic E-state index is -1.49. The molecule has 162 valence electrons. The highest BCUT2D eigenvalue weighted by Gasteiger charge is 2.71. The molecule has 0 radical (unpaired) electrons. The zero-order valence-corrected chi connectivity index (χ0v) is 18.0. The molecule has 4 rings (SSSR count). The summed E-state index contributed by atoms with van der Waals surface area (Å²) >= 11 is 12.4. The van der Waals surface area contributed by atoms with Crippen LogP contribution in [0.15, 0.2) is 78.9 Å². The van der Waals surface area contributed by atoms with Crippen molar-refractivity contribution in [2.45, 2.75) is 16.5 Å². The van der Waals surface area contributed by atoms with Gasteiger partial charge in [0, 0.05) is 5.56 Å². The second-order valence-corrected chi connectivity index (χ2v) is 8.50. The molecule has 3 aromatic rings. The number of esters is 1. The normalized spacial score (nSPS) is 19.3. The lowest BCUT2D eigenvalue weighted by Crippen LogP contribution is -2.16. The summed E-state index contributed by atoms with van der Waals surface area (Å²) in [6, 6.07) is 23.0. The first-order valence-electron chi connectivity index (χ1n) is 9.62. The van der Waals surface area contributed by atoms with Crippen LogP contribution in [0.1, 0.15) is 11.7 Å². The highest BCUT2D eigenvalue weighted by Crippen LogP contribution is 2.56. The number of carbonyl (C=O) groups excluding carboxylic acids is 1. The van der Waals surface area contributed by atoms with Gasteiger partial charge in [-0.1, -0.05) is 65.7 Å². The van der Waals surface area contributed by atoms with E-state index in [1.165, 1.54) is 12.1 Å². The number of para-hydroxylation sites is 2. The van der Waals surface area contributed by atoms with Gasteiger partial charge in [0.25, 0.3) is 0 Å². The number of carbonyl (C=O) groups is 1. The lowest BCUT2D eigenvalue weighted by Gasteiger charge is -2.14.